The fraction of sp³-hybridized carbons (Fsp3) is 0.474. The summed E-state index contributed by atoms with van der Waals surface area (Å²) in [7, 11) is 1.65. The zero-order chi connectivity index (χ0) is 17.5. The summed E-state index contributed by atoms with van der Waals surface area (Å²) in [5.74, 6) is 1.69. The van der Waals surface area contributed by atoms with E-state index in [9.17, 15) is 5.11 Å². The van der Waals surface area contributed by atoms with E-state index < -0.39 is 6.10 Å². The summed E-state index contributed by atoms with van der Waals surface area (Å²) >= 11 is 0. The molecule has 1 atom stereocenters. The first-order valence-corrected chi connectivity index (χ1v) is 8.64. The van der Waals surface area contributed by atoms with Crippen LogP contribution in [-0.2, 0) is 11.3 Å². The Morgan fingerprint density at radius 1 is 1.20 bits per heavy atom. The summed E-state index contributed by atoms with van der Waals surface area (Å²) in [6.07, 6.45) is 1.22. The molecule has 1 N–H and O–H groups in total. The molecule has 25 heavy (non-hydrogen) atoms. The summed E-state index contributed by atoms with van der Waals surface area (Å²) in [6, 6.07) is 11.7. The van der Waals surface area contributed by atoms with Crippen LogP contribution in [0.3, 0.4) is 0 Å². The molecular weight excluding hydrogens is 320 g/mol. The standard InChI is InChI=1S/C19H26N2O4/c1-23-18-6-4-16(5-7-18)21(15-19-3-2-10-25-19)14-17(22)13-20-8-11-24-12-9-20/h2-7,10,17,22H,8-9,11-15H2,1H3. The molecule has 0 bridgehead atoms. The lowest BCUT2D eigenvalue weighted by Gasteiger charge is -2.31. The third kappa shape index (κ3) is 5.22. The maximum absolute atomic E-state index is 10.6. The number of nitrogens with zero attached hydrogens (tertiary/aromatic N) is 2. The molecule has 0 spiro atoms. The van der Waals surface area contributed by atoms with E-state index in [-0.39, 0.29) is 0 Å². The monoisotopic (exact) mass is 346 g/mol. The van der Waals surface area contributed by atoms with Gasteiger partial charge in [-0.3, -0.25) is 4.90 Å². The molecule has 0 saturated carbocycles. The van der Waals surface area contributed by atoms with Gasteiger partial charge < -0.3 is 23.9 Å². The molecule has 6 heteroatoms. The predicted molar refractivity (Wildman–Crippen MR) is 96.0 cm³/mol. The minimum absolute atomic E-state index is 0.449. The third-order valence-electron chi connectivity index (χ3n) is 4.37. The van der Waals surface area contributed by atoms with Crippen molar-refractivity contribution in [1.82, 2.24) is 4.90 Å². The topological polar surface area (TPSA) is 58.3 Å². The predicted octanol–water partition coefficient (Wildman–Crippen LogP) is 1.99. The second-order valence-electron chi connectivity index (χ2n) is 6.22. The number of aliphatic hydroxyl groups excluding tert-OH is 1. The first kappa shape index (κ1) is 17.8. The Morgan fingerprint density at radius 2 is 1.96 bits per heavy atom. The fourth-order valence-corrected chi connectivity index (χ4v) is 3.04. The van der Waals surface area contributed by atoms with E-state index in [2.05, 4.69) is 9.80 Å². The molecule has 0 amide bonds. The molecule has 1 fully saturated rings. The molecule has 2 heterocycles. The molecule has 136 valence electrons. The maximum atomic E-state index is 10.6. The van der Waals surface area contributed by atoms with Gasteiger partial charge in [0.2, 0.25) is 0 Å². The first-order chi connectivity index (χ1) is 12.2. The van der Waals surface area contributed by atoms with Crippen molar-refractivity contribution in [2.75, 3.05) is 51.4 Å². The molecule has 6 nitrogen and oxygen atoms in total. The molecule has 1 aromatic carbocycles. The summed E-state index contributed by atoms with van der Waals surface area (Å²) < 4.78 is 16.1. The van der Waals surface area contributed by atoms with E-state index in [1.54, 1.807) is 13.4 Å². The average molecular weight is 346 g/mol. The van der Waals surface area contributed by atoms with Crippen LogP contribution in [-0.4, -0.2) is 62.6 Å². The number of aliphatic hydroxyl groups is 1. The van der Waals surface area contributed by atoms with Crippen LogP contribution in [0.15, 0.2) is 47.1 Å². The summed E-state index contributed by atoms with van der Waals surface area (Å²) in [4.78, 5) is 4.37. The van der Waals surface area contributed by atoms with Crippen LogP contribution in [0.4, 0.5) is 5.69 Å². The molecule has 0 aliphatic carbocycles. The summed E-state index contributed by atoms with van der Waals surface area (Å²) in [5, 5.41) is 10.6. The second kappa shape index (κ2) is 8.89. The van der Waals surface area contributed by atoms with Crippen molar-refractivity contribution in [3.63, 3.8) is 0 Å². The number of β-amino-alcohol motifs (C(OH)–C–C–N with tert-alkyl or cyclic N) is 1. The molecular formula is C19H26N2O4. The molecule has 1 aliphatic rings. The Kier molecular flexibility index (Phi) is 6.33. The second-order valence-corrected chi connectivity index (χ2v) is 6.22. The molecule has 0 radical (unpaired) electrons. The highest BCUT2D eigenvalue weighted by Crippen LogP contribution is 2.22. The van der Waals surface area contributed by atoms with Crippen LogP contribution in [0.25, 0.3) is 0 Å². The van der Waals surface area contributed by atoms with Gasteiger partial charge in [-0.1, -0.05) is 0 Å². The normalized spacial score (nSPS) is 16.6. The Morgan fingerprint density at radius 3 is 2.60 bits per heavy atom. The van der Waals surface area contributed by atoms with Gasteiger partial charge in [0.25, 0.3) is 0 Å². The lowest BCUT2D eigenvalue weighted by molar-refractivity contribution is 0.0160. The highest BCUT2D eigenvalue weighted by Gasteiger charge is 2.19. The lowest BCUT2D eigenvalue weighted by Crippen LogP contribution is -2.44. The van der Waals surface area contributed by atoms with Gasteiger partial charge in [-0.25, -0.2) is 0 Å². The number of hydrogen-bond donors (Lipinski definition) is 1. The van der Waals surface area contributed by atoms with E-state index in [1.807, 2.05) is 36.4 Å². The van der Waals surface area contributed by atoms with Crippen LogP contribution >= 0.6 is 0 Å². The number of methoxy groups -OCH3 is 1. The van der Waals surface area contributed by atoms with Crippen LogP contribution in [0.1, 0.15) is 5.76 Å². The highest BCUT2D eigenvalue weighted by atomic mass is 16.5. The maximum Gasteiger partial charge on any atom is 0.123 e. The minimum atomic E-state index is -0.449. The molecule has 1 aliphatic heterocycles. The van der Waals surface area contributed by atoms with Gasteiger partial charge in [0.05, 0.1) is 39.2 Å². The number of ether oxygens (including phenoxy) is 2. The SMILES string of the molecule is COc1ccc(N(Cc2ccco2)CC(O)CN2CCOCC2)cc1. The number of hydrogen-bond acceptors (Lipinski definition) is 6. The van der Waals surface area contributed by atoms with Crippen molar-refractivity contribution in [2.45, 2.75) is 12.6 Å². The Hall–Kier alpha value is -2.02. The van der Waals surface area contributed by atoms with E-state index in [4.69, 9.17) is 13.9 Å². The van der Waals surface area contributed by atoms with E-state index in [1.165, 1.54) is 0 Å². The summed E-state index contributed by atoms with van der Waals surface area (Å²) in [5.41, 5.74) is 1.03. The Bertz CT molecular complexity index is 609. The first-order valence-electron chi connectivity index (χ1n) is 8.64. The van der Waals surface area contributed by atoms with Crippen LogP contribution in [0, 0.1) is 0 Å². The van der Waals surface area contributed by atoms with E-state index in [0.717, 1.165) is 43.5 Å². The quantitative estimate of drug-likeness (QED) is 0.789. The molecule has 1 saturated heterocycles. The number of rotatable bonds is 8. The highest BCUT2D eigenvalue weighted by molar-refractivity contribution is 5.49. The number of benzene rings is 1. The Balaban J connectivity index is 1.66. The van der Waals surface area contributed by atoms with Crippen molar-refractivity contribution in [3.05, 3.63) is 48.4 Å². The molecule has 1 unspecified atom stereocenters. The summed E-state index contributed by atoms with van der Waals surface area (Å²) in [6.45, 7) is 5.01. The van der Waals surface area contributed by atoms with Crippen molar-refractivity contribution in [1.29, 1.82) is 0 Å². The van der Waals surface area contributed by atoms with Gasteiger partial charge in [0.15, 0.2) is 0 Å². The molecule has 3 rings (SSSR count). The van der Waals surface area contributed by atoms with Gasteiger partial charge in [-0.2, -0.15) is 0 Å². The average Bonchev–Trinajstić information content (AvgIpc) is 3.15. The van der Waals surface area contributed by atoms with Gasteiger partial charge in [-0.15, -0.1) is 0 Å². The van der Waals surface area contributed by atoms with Crippen LogP contribution in [0.2, 0.25) is 0 Å². The van der Waals surface area contributed by atoms with Crippen LogP contribution < -0.4 is 9.64 Å². The number of morpholine rings is 1. The van der Waals surface area contributed by atoms with E-state index >= 15 is 0 Å². The lowest BCUT2D eigenvalue weighted by atomic mass is 10.2. The van der Waals surface area contributed by atoms with Gasteiger partial charge >= 0.3 is 0 Å². The third-order valence-corrected chi connectivity index (χ3v) is 4.37. The van der Waals surface area contributed by atoms with Gasteiger partial charge in [0.1, 0.15) is 11.5 Å². The van der Waals surface area contributed by atoms with Crippen molar-refractivity contribution in [3.8, 4) is 5.75 Å². The zero-order valence-corrected chi connectivity index (χ0v) is 14.6. The van der Waals surface area contributed by atoms with Crippen LogP contribution in [0.5, 0.6) is 5.75 Å². The fourth-order valence-electron chi connectivity index (χ4n) is 3.04. The minimum Gasteiger partial charge on any atom is -0.497 e. The number of anilines is 1. The molecule has 1 aromatic heterocycles. The smallest absolute Gasteiger partial charge is 0.123 e. The van der Waals surface area contributed by atoms with Gasteiger partial charge in [-0.05, 0) is 36.4 Å². The largest absolute Gasteiger partial charge is 0.497 e. The van der Waals surface area contributed by atoms with Crippen molar-refractivity contribution < 1.29 is 19.0 Å². The zero-order valence-electron chi connectivity index (χ0n) is 14.6. The molecule has 2 aromatic rings. The van der Waals surface area contributed by atoms with Crippen molar-refractivity contribution >= 4 is 5.69 Å². The van der Waals surface area contributed by atoms with Crippen molar-refractivity contribution in [2.24, 2.45) is 0 Å². The number of furan rings is 1. The van der Waals surface area contributed by atoms with E-state index in [0.29, 0.717) is 19.6 Å². The van der Waals surface area contributed by atoms with Gasteiger partial charge in [0, 0.05) is 31.9 Å². The Labute approximate surface area is 148 Å².